The van der Waals surface area contributed by atoms with Crippen molar-refractivity contribution in [3.8, 4) is 0 Å². The van der Waals surface area contributed by atoms with Crippen molar-refractivity contribution in [2.45, 2.75) is 19.3 Å². The average Bonchev–Trinajstić information content (AvgIpc) is 2.39. The molecule has 0 saturated carbocycles. The Labute approximate surface area is 102 Å². The van der Waals surface area contributed by atoms with Crippen LogP contribution in [0.2, 0.25) is 0 Å². The Morgan fingerprint density at radius 1 is 1.31 bits per heavy atom. The molecule has 1 N–H and O–H groups in total. The molecule has 4 heteroatoms. The van der Waals surface area contributed by atoms with Crippen LogP contribution in [-0.2, 0) is 9.53 Å². The summed E-state index contributed by atoms with van der Waals surface area (Å²) >= 11 is 2.05. The topological polar surface area (TPSA) is 38.3 Å². The minimum atomic E-state index is -0.0181. The van der Waals surface area contributed by atoms with E-state index in [1.54, 1.807) is 0 Å². The zero-order valence-electron chi connectivity index (χ0n) is 9.91. The second-order valence-electron chi connectivity index (χ2n) is 4.74. The Morgan fingerprint density at radius 3 is 2.75 bits per heavy atom. The highest BCUT2D eigenvalue weighted by molar-refractivity contribution is 7.99. The van der Waals surface area contributed by atoms with Crippen LogP contribution in [0, 0.1) is 17.8 Å². The van der Waals surface area contributed by atoms with E-state index in [2.05, 4.69) is 5.32 Å². The Kier molecular flexibility index (Phi) is 4.53. The van der Waals surface area contributed by atoms with Crippen molar-refractivity contribution in [2.24, 2.45) is 17.8 Å². The molecule has 0 aromatic heterocycles. The van der Waals surface area contributed by atoms with Gasteiger partial charge in [-0.05, 0) is 49.1 Å². The molecule has 0 bridgehead atoms. The van der Waals surface area contributed by atoms with Gasteiger partial charge in [0.15, 0.2) is 0 Å². The molecule has 16 heavy (non-hydrogen) atoms. The fraction of sp³-hybridized carbons (Fsp3) is 0.917. The van der Waals surface area contributed by atoms with E-state index in [0.29, 0.717) is 5.92 Å². The summed E-state index contributed by atoms with van der Waals surface area (Å²) in [4.78, 5) is 11.8. The molecule has 0 radical (unpaired) electrons. The molecule has 0 spiro atoms. The number of hydrogen-bond acceptors (Lipinski definition) is 4. The highest BCUT2D eigenvalue weighted by Crippen LogP contribution is 2.36. The van der Waals surface area contributed by atoms with Crippen molar-refractivity contribution in [1.82, 2.24) is 5.32 Å². The molecule has 2 heterocycles. The number of esters is 1. The molecule has 2 fully saturated rings. The van der Waals surface area contributed by atoms with Crippen LogP contribution in [0.3, 0.4) is 0 Å². The van der Waals surface area contributed by atoms with Crippen LogP contribution in [0.25, 0.3) is 0 Å². The molecular formula is C12H21NO2S. The quantitative estimate of drug-likeness (QED) is 0.747. The van der Waals surface area contributed by atoms with Crippen molar-refractivity contribution >= 4 is 17.7 Å². The SMILES string of the molecule is COC(=O)C1CNCCC1C1CCSCC1. The van der Waals surface area contributed by atoms with Crippen LogP contribution in [0.4, 0.5) is 0 Å². The van der Waals surface area contributed by atoms with Crippen LogP contribution in [0.5, 0.6) is 0 Å². The highest BCUT2D eigenvalue weighted by Gasteiger charge is 2.37. The summed E-state index contributed by atoms with van der Waals surface area (Å²) in [6.45, 7) is 1.86. The van der Waals surface area contributed by atoms with E-state index in [1.165, 1.54) is 31.5 Å². The molecule has 2 unspecified atom stereocenters. The monoisotopic (exact) mass is 243 g/mol. The molecular weight excluding hydrogens is 222 g/mol. The highest BCUT2D eigenvalue weighted by atomic mass is 32.2. The van der Waals surface area contributed by atoms with E-state index in [1.807, 2.05) is 11.8 Å². The maximum Gasteiger partial charge on any atom is 0.310 e. The Bertz CT molecular complexity index is 241. The number of piperidine rings is 1. The average molecular weight is 243 g/mol. The van der Waals surface area contributed by atoms with E-state index < -0.39 is 0 Å². The fourth-order valence-electron chi connectivity index (χ4n) is 3.00. The van der Waals surface area contributed by atoms with Gasteiger partial charge in [-0.25, -0.2) is 0 Å². The van der Waals surface area contributed by atoms with Gasteiger partial charge < -0.3 is 10.1 Å². The van der Waals surface area contributed by atoms with Gasteiger partial charge in [0.1, 0.15) is 0 Å². The number of nitrogens with one attached hydrogen (secondary N) is 1. The third kappa shape index (κ3) is 2.72. The van der Waals surface area contributed by atoms with Gasteiger partial charge in [0.2, 0.25) is 0 Å². The van der Waals surface area contributed by atoms with Crippen LogP contribution in [0.1, 0.15) is 19.3 Å². The maximum absolute atomic E-state index is 11.8. The Balaban J connectivity index is 2.00. The third-order valence-corrected chi connectivity index (χ3v) is 4.96. The summed E-state index contributed by atoms with van der Waals surface area (Å²) in [5.74, 6) is 3.90. The first kappa shape index (κ1) is 12.2. The van der Waals surface area contributed by atoms with Crippen LogP contribution in [0.15, 0.2) is 0 Å². The van der Waals surface area contributed by atoms with Gasteiger partial charge in [-0.3, -0.25) is 4.79 Å². The van der Waals surface area contributed by atoms with E-state index in [-0.39, 0.29) is 11.9 Å². The number of carbonyl (C=O) groups excluding carboxylic acids is 1. The summed E-state index contributed by atoms with van der Waals surface area (Å²) in [6.07, 6.45) is 3.70. The van der Waals surface area contributed by atoms with Crippen LogP contribution >= 0.6 is 11.8 Å². The zero-order chi connectivity index (χ0) is 11.4. The summed E-state index contributed by atoms with van der Waals surface area (Å²) in [5.41, 5.74) is 0. The standard InChI is InChI=1S/C12H21NO2S/c1-15-12(14)11-8-13-5-2-10(11)9-3-6-16-7-4-9/h9-11,13H,2-8H2,1H3. The summed E-state index contributed by atoms with van der Waals surface area (Å²) in [6, 6.07) is 0. The van der Waals surface area contributed by atoms with E-state index in [4.69, 9.17) is 4.74 Å². The molecule has 0 aliphatic carbocycles. The second kappa shape index (κ2) is 5.92. The van der Waals surface area contributed by atoms with Crippen molar-refractivity contribution in [3.05, 3.63) is 0 Å². The van der Waals surface area contributed by atoms with Gasteiger partial charge in [-0.1, -0.05) is 0 Å². The molecule has 0 amide bonds. The van der Waals surface area contributed by atoms with E-state index in [9.17, 15) is 4.79 Å². The van der Waals surface area contributed by atoms with Crippen LogP contribution < -0.4 is 5.32 Å². The first-order valence-corrected chi connectivity index (χ1v) is 7.34. The second-order valence-corrected chi connectivity index (χ2v) is 5.96. The summed E-state index contributed by atoms with van der Waals surface area (Å²) < 4.78 is 4.93. The lowest BCUT2D eigenvalue weighted by Crippen LogP contribution is -2.44. The van der Waals surface area contributed by atoms with E-state index >= 15 is 0 Å². The first-order chi connectivity index (χ1) is 7.83. The van der Waals surface area contributed by atoms with Gasteiger partial charge >= 0.3 is 5.97 Å². The molecule has 0 aromatic rings. The minimum Gasteiger partial charge on any atom is -0.469 e. The summed E-state index contributed by atoms with van der Waals surface area (Å²) in [5, 5.41) is 3.31. The normalized spacial score (nSPS) is 32.3. The van der Waals surface area contributed by atoms with Crippen molar-refractivity contribution < 1.29 is 9.53 Å². The zero-order valence-corrected chi connectivity index (χ0v) is 10.7. The van der Waals surface area contributed by atoms with Crippen molar-refractivity contribution in [3.63, 3.8) is 0 Å². The lowest BCUT2D eigenvalue weighted by molar-refractivity contribution is -0.149. The lowest BCUT2D eigenvalue weighted by Gasteiger charge is -2.37. The smallest absolute Gasteiger partial charge is 0.310 e. The lowest BCUT2D eigenvalue weighted by atomic mass is 9.75. The number of rotatable bonds is 2. The molecule has 92 valence electrons. The number of carbonyl (C=O) groups is 1. The number of thioether (sulfide) groups is 1. The van der Waals surface area contributed by atoms with Gasteiger partial charge in [0, 0.05) is 6.54 Å². The Morgan fingerprint density at radius 2 is 2.06 bits per heavy atom. The van der Waals surface area contributed by atoms with Gasteiger partial charge in [-0.15, -0.1) is 0 Å². The number of methoxy groups -OCH3 is 1. The number of ether oxygens (including phenoxy) is 1. The number of hydrogen-bond donors (Lipinski definition) is 1. The molecule has 2 aliphatic rings. The predicted octanol–water partition coefficient (Wildman–Crippen LogP) is 1.53. The minimum absolute atomic E-state index is 0.0181. The molecule has 2 atom stereocenters. The molecule has 2 saturated heterocycles. The Hall–Kier alpha value is -0.220. The predicted molar refractivity (Wildman–Crippen MR) is 66.5 cm³/mol. The summed E-state index contributed by atoms with van der Waals surface area (Å²) in [7, 11) is 1.50. The maximum atomic E-state index is 11.8. The largest absolute Gasteiger partial charge is 0.469 e. The fourth-order valence-corrected chi connectivity index (χ4v) is 4.14. The molecule has 2 aliphatic heterocycles. The third-order valence-electron chi connectivity index (χ3n) is 3.91. The van der Waals surface area contributed by atoms with Crippen molar-refractivity contribution in [1.29, 1.82) is 0 Å². The molecule has 3 nitrogen and oxygen atoms in total. The van der Waals surface area contributed by atoms with E-state index in [0.717, 1.165) is 25.4 Å². The van der Waals surface area contributed by atoms with Crippen molar-refractivity contribution in [2.75, 3.05) is 31.7 Å². The molecule has 0 aromatic carbocycles. The first-order valence-electron chi connectivity index (χ1n) is 6.19. The van der Waals surface area contributed by atoms with Gasteiger partial charge in [-0.2, -0.15) is 11.8 Å². The molecule has 2 rings (SSSR count). The van der Waals surface area contributed by atoms with Gasteiger partial charge in [0.25, 0.3) is 0 Å². The van der Waals surface area contributed by atoms with Crippen LogP contribution in [-0.4, -0.2) is 37.7 Å². The van der Waals surface area contributed by atoms with Gasteiger partial charge in [0.05, 0.1) is 13.0 Å².